The molecule has 1 unspecified atom stereocenters. The third-order valence-electron chi connectivity index (χ3n) is 6.41. The first-order valence-electron chi connectivity index (χ1n) is 12.0. The maximum atomic E-state index is 13.2. The Labute approximate surface area is 218 Å². The molecule has 0 spiro atoms. The summed E-state index contributed by atoms with van der Waals surface area (Å²) in [6, 6.07) is 11.2. The molecule has 1 saturated carbocycles. The summed E-state index contributed by atoms with van der Waals surface area (Å²) in [6.07, 6.45) is 1.61. The van der Waals surface area contributed by atoms with Crippen molar-refractivity contribution in [3.8, 4) is 11.1 Å². The highest BCUT2D eigenvalue weighted by molar-refractivity contribution is 7.92. The van der Waals surface area contributed by atoms with Crippen LogP contribution < -0.4 is 5.32 Å². The van der Waals surface area contributed by atoms with Gasteiger partial charge in [0.15, 0.2) is 20.9 Å². The second-order valence-corrected chi connectivity index (χ2v) is 12.5. The molecular formula is C26H26N2O7S2. The predicted octanol–water partition coefficient (Wildman–Crippen LogP) is 3.36. The third-order valence-corrected chi connectivity index (χ3v) is 9.58. The lowest BCUT2D eigenvalue weighted by Crippen LogP contribution is -2.29. The monoisotopic (exact) mass is 542 g/mol. The number of sulfone groups is 1. The number of cyclic esters (lactones) is 1. The number of hydrogen-bond acceptors (Lipinski definition) is 9. The molecule has 194 valence electrons. The number of carbonyl (C=O) groups excluding carboxylic acids is 3. The molecule has 0 radical (unpaired) electrons. The third kappa shape index (κ3) is 5.58. The van der Waals surface area contributed by atoms with Gasteiger partial charge in [-0.2, -0.15) is 0 Å². The van der Waals surface area contributed by atoms with Crippen LogP contribution in [0.2, 0.25) is 0 Å². The van der Waals surface area contributed by atoms with Gasteiger partial charge >= 0.3 is 5.97 Å². The fourth-order valence-electron chi connectivity index (χ4n) is 4.25. The second-order valence-electron chi connectivity index (χ2n) is 9.23. The van der Waals surface area contributed by atoms with Gasteiger partial charge < -0.3 is 14.8 Å². The summed E-state index contributed by atoms with van der Waals surface area (Å²) in [4.78, 5) is 41.6. The van der Waals surface area contributed by atoms with Crippen LogP contribution in [-0.2, 0) is 35.5 Å². The van der Waals surface area contributed by atoms with E-state index in [2.05, 4.69) is 10.3 Å². The number of ether oxygens (including phenoxy) is 2. The van der Waals surface area contributed by atoms with Crippen molar-refractivity contribution in [1.29, 1.82) is 0 Å². The summed E-state index contributed by atoms with van der Waals surface area (Å²) >= 11 is 1.15. The molecule has 0 saturated heterocycles. The minimum atomic E-state index is -3.92. The highest BCUT2D eigenvalue weighted by Gasteiger charge is 2.36. The Hall–Kier alpha value is -3.15. The van der Waals surface area contributed by atoms with Gasteiger partial charge in [-0.1, -0.05) is 12.1 Å². The second kappa shape index (κ2) is 10.3. The van der Waals surface area contributed by atoms with E-state index in [0.29, 0.717) is 11.1 Å². The van der Waals surface area contributed by atoms with Gasteiger partial charge in [-0.15, -0.1) is 11.3 Å². The van der Waals surface area contributed by atoms with Crippen molar-refractivity contribution in [3.05, 3.63) is 52.5 Å². The van der Waals surface area contributed by atoms with Crippen LogP contribution >= 0.6 is 11.3 Å². The lowest BCUT2D eigenvalue weighted by molar-refractivity contribution is -0.125. The molecule has 1 fully saturated rings. The van der Waals surface area contributed by atoms with Crippen LogP contribution in [0.1, 0.15) is 51.9 Å². The molecule has 2 aliphatic rings. The number of fused-ring (bicyclic) bond motifs is 2. The first-order chi connectivity index (χ1) is 17.7. The van der Waals surface area contributed by atoms with Crippen molar-refractivity contribution in [1.82, 2.24) is 10.3 Å². The van der Waals surface area contributed by atoms with Crippen molar-refractivity contribution >= 4 is 49.1 Å². The van der Waals surface area contributed by atoms with E-state index in [1.807, 2.05) is 24.3 Å². The summed E-state index contributed by atoms with van der Waals surface area (Å²) < 4.78 is 37.1. The zero-order valence-corrected chi connectivity index (χ0v) is 21.8. The van der Waals surface area contributed by atoms with Gasteiger partial charge in [0, 0.05) is 31.6 Å². The van der Waals surface area contributed by atoms with Crippen LogP contribution in [0.25, 0.3) is 21.3 Å². The Morgan fingerprint density at radius 2 is 1.92 bits per heavy atom. The first-order valence-corrected chi connectivity index (χ1v) is 14.5. The normalized spacial score (nSPS) is 15.9. The maximum Gasteiger partial charge on any atom is 0.338 e. The quantitative estimate of drug-likeness (QED) is 0.365. The molecule has 0 bridgehead atoms. The molecule has 2 aromatic carbocycles. The van der Waals surface area contributed by atoms with Gasteiger partial charge in [0.05, 0.1) is 28.1 Å². The van der Waals surface area contributed by atoms with E-state index in [1.165, 1.54) is 7.11 Å². The number of rotatable bonds is 11. The van der Waals surface area contributed by atoms with Crippen LogP contribution in [0.4, 0.5) is 0 Å². The molecular weight excluding hydrogens is 516 g/mol. The van der Waals surface area contributed by atoms with E-state index in [0.717, 1.165) is 45.6 Å². The molecule has 2 heterocycles. The van der Waals surface area contributed by atoms with Crippen molar-refractivity contribution in [2.75, 3.05) is 19.5 Å². The molecule has 1 atom stereocenters. The summed E-state index contributed by atoms with van der Waals surface area (Å²) in [5.74, 6) is -1.46. The molecule has 1 aromatic heterocycles. The number of nitrogens with zero attached hydrogens (tertiary/aromatic N) is 1. The van der Waals surface area contributed by atoms with E-state index in [9.17, 15) is 22.8 Å². The van der Waals surface area contributed by atoms with Gasteiger partial charge in [-0.25, -0.2) is 18.2 Å². The van der Waals surface area contributed by atoms with Crippen molar-refractivity contribution < 1.29 is 32.3 Å². The average Bonchev–Trinajstić information content (AvgIpc) is 3.47. The molecule has 9 nitrogen and oxygen atoms in total. The van der Waals surface area contributed by atoms with Crippen LogP contribution in [-0.4, -0.2) is 56.6 Å². The number of benzene rings is 2. The molecule has 3 aromatic rings. The number of aromatic nitrogens is 1. The Balaban J connectivity index is 1.43. The highest BCUT2D eigenvalue weighted by atomic mass is 32.2. The van der Waals surface area contributed by atoms with Gasteiger partial charge in [0.2, 0.25) is 5.91 Å². The van der Waals surface area contributed by atoms with Crippen LogP contribution in [0, 0.1) is 0 Å². The number of hydrogen-bond donors (Lipinski definition) is 1. The van der Waals surface area contributed by atoms with Gasteiger partial charge in [0.25, 0.3) is 0 Å². The number of thiazole rings is 1. The molecule has 5 rings (SSSR count). The number of methoxy groups -OCH3 is 1. The minimum Gasteiger partial charge on any atom is -0.457 e. The fourth-order valence-corrected chi connectivity index (χ4v) is 7.36. The van der Waals surface area contributed by atoms with Crippen molar-refractivity contribution in [2.24, 2.45) is 0 Å². The zero-order chi connectivity index (χ0) is 26.2. The highest BCUT2D eigenvalue weighted by Crippen LogP contribution is 2.36. The van der Waals surface area contributed by atoms with E-state index < -0.39 is 20.9 Å². The topological polar surface area (TPSA) is 129 Å². The predicted molar refractivity (Wildman–Crippen MR) is 138 cm³/mol. The van der Waals surface area contributed by atoms with E-state index >= 15 is 0 Å². The molecule has 1 N–H and O–H groups in total. The molecule has 11 heteroatoms. The number of carbonyl (C=O) groups is 3. The fraction of sp³-hybridized carbons (Fsp3) is 0.385. The first kappa shape index (κ1) is 25.5. The largest absolute Gasteiger partial charge is 0.457 e. The standard InChI is InChI=1S/C26H26N2O7S2/c1-34-10-11-37(32,33)24(21(29)8-9-23(30)27-18-4-5-18)25-28-20-7-3-16(13-22(20)36-25)15-2-6-19-17(12-15)14-35-26(19)31/h2-3,6-7,12-13,18,24H,4-5,8-11,14H2,1H3,(H,27,30). The van der Waals surface area contributed by atoms with E-state index in [-0.39, 0.29) is 54.7 Å². The van der Waals surface area contributed by atoms with Crippen molar-refractivity contribution in [2.45, 2.75) is 43.6 Å². The number of amides is 1. The summed E-state index contributed by atoms with van der Waals surface area (Å²) in [5.41, 5.74) is 3.70. The lowest BCUT2D eigenvalue weighted by atomic mass is 10.0. The zero-order valence-electron chi connectivity index (χ0n) is 20.2. The Kier molecular flexibility index (Phi) is 7.11. The summed E-state index contributed by atoms with van der Waals surface area (Å²) in [7, 11) is -2.52. The smallest absolute Gasteiger partial charge is 0.338 e. The maximum absolute atomic E-state index is 13.2. The number of esters is 1. The van der Waals surface area contributed by atoms with Gasteiger partial charge in [-0.05, 0) is 48.2 Å². The molecule has 1 aliphatic heterocycles. The Morgan fingerprint density at radius 1 is 1.16 bits per heavy atom. The van der Waals surface area contributed by atoms with Gasteiger partial charge in [-0.3, -0.25) is 9.59 Å². The number of nitrogens with one attached hydrogen (secondary N) is 1. The Morgan fingerprint density at radius 3 is 2.68 bits per heavy atom. The molecule has 1 aliphatic carbocycles. The SMILES string of the molecule is COCCS(=O)(=O)C(C(=O)CCC(=O)NC1CC1)c1nc2ccc(-c3ccc4c(c3)COC4=O)cc2s1. The van der Waals surface area contributed by atoms with E-state index in [1.54, 1.807) is 12.1 Å². The summed E-state index contributed by atoms with van der Waals surface area (Å²) in [6.45, 7) is 0.185. The van der Waals surface area contributed by atoms with Crippen LogP contribution in [0.3, 0.4) is 0 Å². The molecule has 37 heavy (non-hydrogen) atoms. The Bertz CT molecular complexity index is 1490. The lowest BCUT2D eigenvalue weighted by Gasteiger charge is -2.14. The molecule has 1 amide bonds. The number of ketones is 1. The van der Waals surface area contributed by atoms with Crippen LogP contribution in [0.15, 0.2) is 36.4 Å². The number of Topliss-reactive ketones (excluding diaryl/α,β-unsaturated/α-hetero) is 1. The van der Waals surface area contributed by atoms with E-state index in [4.69, 9.17) is 9.47 Å². The summed E-state index contributed by atoms with van der Waals surface area (Å²) in [5, 5.41) is 1.55. The van der Waals surface area contributed by atoms with Crippen LogP contribution in [0.5, 0.6) is 0 Å². The van der Waals surface area contributed by atoms with Crippen molar-refractivity contribution in [3.63, 3.8) is 0 Å². The average molecular weight is 543 g/mol. The van der Waals surface area contributed by atoms with Gasteiger partial charge in [0.1, 0.15) is 11.6 Å². The minimum absolute atomic E-state index is 0.0477.